The first-order valence-corrected chi connectivity index (χ1v) is 5.46. The number of para-hydroxylation sites is 1. The lowest BCUT2D eigenvalue weighted by Gasteiger charge is -2.19. The molecular formula is C12H18O7. The van der Waals surface area contributed by atoms with Crippen LogP contribution in [0.15, 0.2) is 30.3 Å². The van der Waals surface area contributed by atoms with Crippen LogP contribution in [0, 0.1) is 0 Å². The molecule has 1 aromatic rings. The van der Waals surface area contributed by atoms with Gasteiger partial charge < -0.3 is 30.6 Å². The van der Waals surface area contributed by atoms with Crippen molar-refractivity contribution in [3.63, 3.8) is 0 Å². The van der Waals surface area contributed by atoms with Crippen LogP contribution in [0.1, 0.15) is 0 Å². The molecule has 19 heavy (non-hydrogen) atoms. The van der Waals surface area contributed by atoms with E-state index in [0.29, 0.717) is 5.75 Å². The number of phenolic OH excluding ortho intramolecular Hbond substituents is 1. The lowest BCUT2D eigenvalue weighted by Crippen LogP contribution is -2.44. The van der Waals surface area contributed by atoms with Gasteiger partial charge in [-0.05, 0) is 12.1 Å². The third-order valence-electron chi connectivity index (χ3n) is 2.15. The largest absolute Gasteiger partial charge is 0.508 e. The van der Waals surface area contributed by atoms with E-state index >= 15 is 0 Å². The molecule has 7 heteroatoms. The summed E-state index contributed by atoms with van der Waals surface area (Å²) in [5, 5.41) is 51.7. The van der Waals surface area contributed by atoms with Crippen molar-refractivity contribution in [1.82, 2.24) is 0 Å². The molecule has 0 aliphatic rings. The second kappa shape index (κ2) is 9.42. The highest BCUT2D eigenvalue weighted by atomic mass is 16.4. The lowest BCUT2D eigenvalue weighted by atomic mass is 10.1. The Bertz CT molecular complexity index is 354. The Morgan fingerprint density at radius 2 is 1.58 bits per heavy atom. The molecule has 0 spiro atoms. The van der Waals surface area contributed by atoms with Gasteiger partial charge in [-0.2, -0.15) is 0 Å². The van der Waals surface area contributed by atoms with E-state index in [4.69, 9.17) is 30.6 Å². The van der Waals surface area contributed by atoms with E-state index in [1.54, 1.807) is 24.3 Å². The van der Waals surface area contributed by atoms with Gasteiger partial charge in [-0.1, -0.05) is 18.2 Å². The number of benzene rings is 1. The predicted octanol–water partition coefficient (Wildman–Crippen LogP) is -1.98. The van der Waals surface area contributed by atoms with Crippen LogP contribution in [0.25, 0.3) is 0 Å². The highest BCUT2D eigenvalue weighted by Gasteiger charge is 2.28. The van der Waals surface area contributed by atoms with Gasteiger partial charge in [0.2, 0.25) is 0 Å². The van der Waals surface area contributed by atoms with Crippen molar-refractivity contribution in [1.29, 1.82) is 0 Å². The molecule has 0 saturated heterocycles. The first kappa shape index (κ1) is 17.5. The molecule has 3 atom stereocenters. The Hall–Kier alpha value is -1.51. The maximum atomic E-state index is 10.5. The minimum Gasteiger partial charge on any atom is -0.508 e. The summed E-state index contributed by atoms with van der Waals surface area (Å²) >= 11 is 0. The smallest absolute Gasteiger partial charge is 0.189 e. The van der Waals surface area contributed by atoms with E-state index < -0.39 is 37.3 Å². The summed E-state index contributed by atoms with van der Waals surface area (Å²) < 4.78 is 0. The quantitative estimate of drug-likeness (QED) is 0.365. The molecule has 108 valence electrons. The lowest BCUT2D eigenvalue weighted by molar-refractivity contribution is -0.142. The predicted molar refractivity (Wildman–Crippen MR) is 65.3 cm³/mol. The Balaban J connectivity index is 0.000000388. The summed E-state index contributed by atoms with van der Waals surface area (Å²) in [6.07, 6.45) is -5.22. The minimum atomic E-state index is -1.86. The van der Waals surface area contributed by atoms with Crippen molar-refractivity contribution in [3.8, 4) is 5.75 Å². The summed E-state index contributed by atoms with van der Waals surface area (Å²) in [5.41, 5.74) is 0. The summed E-state index contributed by atoms with van der Waals surface area (Å²) in [6.45, 7) is -1.69. The zero-order chi connectivity index (χ0) is 14.8. The van der Waals surface area contributed by atoms with E-state index in [9.17, 15) is 4.79 Å². The molecule has 1 rings (SSSR count). The number of carbonyl (C=O) groups is 1. The third kappa shape index (κ3) is 6.85. The number of aliphatic hydroxyl groups is 5. The molecule has 0 radical (unpaired) electrons. The number of Topliss-reactive ketones (excluding diaryl/α,β-unsaturated/α-hetero) is 1. The number of rotatable bonds is 5. The molecular weight excluding hydrogens is 256 g/mol. The Labute approximate surface area is 110 Å². The monoisotopic (exact) mass is 274 g/mol. The highest BCUT2D eigenvalue weighted by molar-refractivity contribution is 5.84. The second-order valence-electron chi connectivity index (χ2n) is 3.65. The maximum absolute atomic E-state index is 10.5. The van der Waals surface area contributed by atoms with Gasteiger partial charge in [0.25, 0.3) is 0 Å². The standard InChI is InChI=1S/C6H12O6.C6H6O/c7-1-3(9)5(11)6(12)4(10)2-8;7-6-4-2-1-3-5-6/h3,5-9,11-12H,1-2H2;1-5,7H/t3-,5+,6+;/m0./s1. The summed E-state index contributed by atoms with van der Waals surface area (Å²) in [5.74, 6) is -0.683. The molecule has 0 heterocycles. The van der Waals surface area contributed by atoms with Crippen molar-refractivity contribution in [3.05, 3.63) is 30.3 Å². The van der Waals surface area contributed by atoms with Crippen molar-refractivity contribution < 1.29 is 35.4 Å². The fourth-order valence-electron chi connectivity index (χ4n) is 1.03. The Kier molecular flexibility index (Phi) is 8.68. The van der Waals surface area contributed by atoms with E-state index in [1.807, 2.05) is 6.07 Å². The zero-order valence-corrected chi connectivity index (χ0v) is 10.1. The molecule has 0 aromatic heterocycles. The zero-order valence-electron chi connectivity index (χ0n) is 10.1. The first-order chi connectivity index (χ1) is 8.93. The van der Waals surface area contributed by atoms with Crippen LogP contribution in [0.3, 0.4) is 0 Å². The second-order valence-corrected chi connectivity index (χ2v) is 3.65. The van der Waals surface area contributed by atoms with Gasteiger partial charge in [0.15, 0.2) is 5.78 Å². The summed E-state index contributed by atoms with van der Waals surface area (Å²) in [4.78, 5) is 10.5. The van der Waals surface area contributed by atoms with Crippen molar-refractivity contribution >= 4 is 5.78 Å². The highest BCUT2D eigenvalue weighted by Crippen LogP contribution is 2.02. The van der Waals surface area contributed by atoms with E-state index in [1.165, 1.54) is 0 Å². The molecule has 0 fully saturated rings. The number of carbonyl (C=O) groups excluding carboxylic acids is 1. The average Bonchev–Trinajstić information content (AvgIpc) is 2.45. The molecule has 0 bridgehead atoms. The van der Waals surface area contributed by atoms with Crippen molar-refractivity contribution in [2.45, 2.75) is 18.3 Å². The number of phenols is 1. The van der Waals surface area contributed by atoms with Gasteiger partial charge in [-0.3, -0.25) is 4.79 Å². The third-order valence-corrected chi connectivity index (χ3v) is 2.15. The van der Waals surface area contributed by atoms with Crippen LogP contribution < -0.4 is 0 Å². The number of hydrogen-bond donors (Lipinski definition) is 6. The number of aliphatic hydroxyl groups excluding tert-OH is 5. The molecule has 0 saturated carbocycles. The normalized spacial score (nSPS) is 14.8. The van der Waals surface area contributed by atoms with Crippen LogP contribution in [0.5, 0.6) is 5.75 Å². The van der Waals surface area contributed by atoms with Gasteiger partial charge in [-0.25, -0.2) is 0 Å². The van der Waals surface area contributed by atoms with E-state index in [0.717, 1.165) is 0 Å². The SMILES string of the molecule is O=C(CO)[C@@H](O)[C@H](O)[C@@H](O)CO.Oc1ccccc1. The van der Waals surface area contributed by atoms with E-state index in [-0.39, 0.29) is 0 Å². The van der Waals surface area contributed by atoms with E-state index in [2.05, 4.69) is 0 Å². The summed E-state index contributed by atoms with van der Waals surface area (Å²) in [7, 11) is 0. The Morgan fingerprint density at radius 3 is 1.89 bits per heavy atom. The van der Waals surface area contributed by atoms with Crippen LogP contribution >= 0.6 is 0 Å². The summed E-state index contributed by atoms with van der Waals surface area (Å²) in [6, 6.07) is 8.71. The fourth-order valence-corrected chi connectivity index (χ4v) is 1.03. The molecule has 7 nitrogen and oxygen atoms in total. The Morgan fingerprint density at radius 1 is 1.05 bits per heavy atom. The first-order valence-electron chi connectivity index (χ1n) is 5.46. The maximum Gasteiger partial charge on any atom is 0.189 e. The molecule has 0 aliphatic carbocycles. The topological polar surface area (TPSA) is 138 Å². The van der Waals surface area contributed by atoms with Crippen LogP contribution in [0.2, 0.25) is 0 Å². The van der Waals surface area contributed by atoms with Gasteiger partial charge in [-0.15, -0.1) is 0 Å². The molecule has 6 N–H and O–H groups in total. The minimum absolute atomic E-state index is 0.322. The van der Waals surface area contributed by atoms with Gasteiger partial charge in [0.05, 0.1) is 6.61 Å². The van der Waals surface area contributed by atoms with Crippen molar-refractivity contribution in [2.24, 2.45) is 0 Å². The van der Waals surface area contributed by atoms with Crippen LogP contribution in [-0.4, -0.2) is 67.9 Å². The van der Waals surface area contributed by atoms with Crippen molar-refractivity contribution in [2.75, 3.05) is 13.2 Å². The van der Waals surface area contributed by atoms with Crippen LogP contribution in [-0.2, 0) is 4.79 Å². The molecule has 1 aromatic carbocycles. The molecule has 0 amide bonds. The molecule has 0 aliphatic heterocycles. The number of aromatic hydroxyl groups is 1. The molecule has 0 unspecified atom stereocenters. The average molecular weight is 274 g/mol. The number of ketones is 1. The van der Waals surface area contributed by atoms with Gasteiger partial charge in [0.1, 0.15) is 30.7 Å². The number of hydrogen-bond acceptors (Lipinski definition) is 7. The van der Waals surface area contributed by atoms with Crippen LogP contribution in [0.4, 0.5) is 0 Å². The van der Waals surface area contributed by atoms with Gasteiger partial charge in [0, 0.05) is 0 Å². The fraction of sp³-hybridized carbons (Fsp3) is 0.417. The van der Waals surface area contributed by atoms with Gasteiger partial charge >= 0.3 is 0 Å².